The Labute approximate surface area is 72.0 Å². The maximum atomic E-state index is 9.00. The van der Waals surface area contributed by atoms with Crippen LogP contribution in [-0.2, 0) is 6.61 Å². The van der Waals surface area contributed by atoms with Crippen LogP contribution in [0, 0.1) is 5.92 Å². The fourth-order valence-corrected chi connectivity index (χ4v) is 1.63. The first-order valence-corrected chi connectivity index (χ1v) is 4.44. The van der Waals surface area contributed by atoms with E-state index >= 15 is 0 Å². The minimum atomic E-state index is 0.0943. The molecule has 0 aromatic carbocycles. The van der Waals surface area contributed by atoms with E-state index in [0.29, 0.717) is 6.04 Å². The van der Waals surface area contributed by atoms with Crippen LogP contribution in [0.25, 0.3) is 0 Å². The summed E-state index contributed by atoms with van der Waals surface area (Å²) in [5.74, 6) is 0.810. The molecule has 0 amide bonds. The summed E-state index contributed by atoms with van der Waals surface area (Å²) >= 11 is 0. The average Bonchev–Trinajstić information content (AvgIpc) is 2.82. The van der Waals surface area contributed by atoms with Crippen molar-refractivity contribution >= 4 is 0 Å². The van der Waals surface area contributed by atoms with Gasteiger partial charge in [-0.15, -0.1) is 0 Å². The summed E-state index contributed by atoms with van der Waals surface area (Å²) < 4.78 is 2.08. The van der Waals surface area contributed by atoms with E-state index in [1.807, 2.05) is 6.33 Å². The normalized spacial score (nSPS) is 19.5. The van der Waals surface area contributed by atoms with E-state index in [2.05, 4.69) is 16.5 Å². The number of imidazole rings is 1. The molecule has 0 bridgehead atoms. The highest BCUT2D eigenvalue weighted by Gasteiger charge is 2.29. The molecule has 1 aliphatic carbocycles. The van der Waals surface area contributed by atoms with Gasteiger partial charge in [-0.05, 0) is 25.7 Å². The number of nitrogens with zero attached hydrogens (tertiary/aromatic N) is 2. The van der Waals surface area contributed by atoms with Gasteiger partial charge in [0.15, 0.2) is 0 Å². The first-order valence-electron chi connectivity index (χ1n) is 4.44. The van der Waals surface area contributed by atoms with Gasteiger partial charge in [-0.25, -0.2) is 4.98 Å². The van der Waals surface area contributed by atoms with Crippen LogP contribution < -0.4 is 0 Å². The van der Waals surface area contributed by atoms with Gasteiger partial charge in [-0.2, -0.15) is 0 Å². The highest BCUT2D eigenvalue weighted by Crippen LogP contribution is 2.39. The van der Waals surface area contributed by atoms with Gasteiger partial charge in [0, 0.05) is 6.04 Å². The second-order valence-corrected chi connectivity index (χ2v) is 3.53. The molecule has 3 heteroatoms. The zero-order valence-corrected chi connectivity index (χ0v) is 7.27. The third-order valence-corrected chi connectivity index (χ3v) is 2.65. The Morgan fingerprint density at radius 1 is 1.75 bits per heavy atom. The van der Waals surface area contributed by atoms with Crippen molar-refractivity contribution in [3.8, 4) is 0 Å². The van der Waals surface area contributed by atoms with Crippen molar-refractivity contribution < 1.29 is 5.11 Å². The van der Waals surface area contributed by atoms with Gasteiger partial charge in [0.1, 0.15) is 0 Å². The van der Waals surface area contributed by atoms with E-state index in [9.17, 15) is 0 Å². The van der Waals surface area contributed by atoms with Gasteiger partial charge >= 0.3 is 0 Å². The highest BCUT2D eigenvalue weighted by atomic mass is 16.3. The monoisotopic (exact) mass is 166 g/mol. The number of rotatable bonds is 3. The minimum absolute atomic E-state index is 0.0943. The third-order valence-electron chi connectivity index (χ3n) is 2.65. The minimum Gasteiger partial charge on any atom is -0.390 e. The molecule has 1 unspecified atom stereocenters. The predicted octanol–water partition coefficient (Wildman–Crippen LogP) is 1.35. The molecule has 1 N–H and O–H groups in total. The van der Waals surface area contributed by atoms with E-state index in [0.717, 1.165) is 11.6 Å². The molecule has 1 aromatic rings. The Morgan fingerprint density at radius 2 is 2.50 bits per heavy atom. The zero-order valence-electron chi connectivity index (χ0n) is 7.27. The molecule has 1 heterocycles. The van der Waals surface area contributed by atoms with Gasteiger partial charge in [0.25, 0.3) is 0 Å². The summed E-state index contributed by atoms with van der Waals surface area (Å²) in [5, 5.41) is 9.00. The molecule has 1 fully saturated rings. The topological polar surface area (TPSA) is 38.0 Å². The Bertz CT molecular complexity index is 265. The SMILES string of the molecule is CC(C1CC1)n1cncc1CO. The van der Waals surface area contributed by atoms with Gasteiger partial charge < -0.3 is 9.67 Å². The fraction of sp³-hybridized carbons (Fsp3) is 0.667. The lowest BCUT2D eigenvalue weighted by Crippen LogP contribution is -2.09. The molecule has 1 atom stereocenters. The maximum absolute atomic E-state index is 9.00. The van der Waals surface area contributed by atoms with E-state index in [-0.39, 0.29) is 6.61 Å². The summed E-state index contributed by atoms with van der Waals surface area (Å²) in [6.45, 7) is 2.29. The van der Waals surface area contributed by atoms with Crippen molar-refractivity contribution in [2.45, 2.75) is 32.4 Å². The molecule has 12 heavy (non-hydrogen) atoms. The second kappa shape index (κ2) is 2.90. The van der Waals surface area contributed by atoms with Gasteiger partial charge in [-0.3, -0.25) is 0 Å². The first-order chi connectivity index (χ1) is 5.83. The molecule has 0 aliphatic heterocycles. The van der Waals surface area contributed by atoms with Crippen LogP contribution >= 0.6 is 0 Å². The molecule has 0 radical (unpaired) electrons. The number of aromatic nitrogens is 2. The van der Waals surface area contributed by atoms with Crippen LogP contribution in [0.4, 0.5) is 0 Å². The van der Waals surface area contributed by atoms with Crippen LogP contribution in [0.1, 0.15) is 31.5 Å². The lowest BCUT2D eigenvalue weighted by Gasteiger charge is -2.14. The summed E-state index contributed by atoms with van der Waals surface area (Å²) in [4.78, 5) is 4.03. The van der Waals surface area contributed by atoms with Gasteiger partial charge in [-0.1, -0.05) is 0 Å². The van der Waals surface area contributed by atoms with Crippen LogP contribution in [0.15, 0.2) is 12.5 Å². The average molecular weight is 166 g/mol. The summed E-state index contributed by atoms with van der Waals surface area (Å²) in [6, 6.07) is 0.509. The lowest BCUT2D eigenvalue weighted by atomic mass is 10.2. The summed E-state index contributed by atoms with van der Waals surface area (Å²) in [6.07, 6.45) is 6.20. The summed E-state index contributed by atoms with van der Waals surface area (Å²) in [5.41, 5.74) is 0.925. The summed E-state index contributed by atoms with van der Waals surface area (Å²) in [7, 11) is 0. The zero-order chi connectivity index (χ0) is 8.55. The standard InChI is InChI=1S/C9H14N2O/c1-7(8-2-3-8)11-6-10-4-9(11)5-12/h4,6-8,12H,2-3,5H2,1H3. The van der Waals surface area contributed by atoms with E-state index in [4.69, 9.17) is 5.11 Å². The maximum Gasteiger partial charge on any atom is 0.0951 e. The van der Waals surface area contributed by atoms with Crippen molar-refractivity contribution in [3.63, 3.8) is 0 Å². The van der Waals surface area contributed by atoms with Crippen molar-refractivity contribution in [2.75, 3.05) is 0 Å². The lowest BCUT2D eigenvalue weighted by molar-refractivity contribution is 0.265. The number of hydrogen-bond acceptors (Lipinski definition) is 2. The molecule has 1 saturated carbocycles. The molecular formula is C9H14N2O. The number of aliphatic hydroxyl groups excluding tert-OH is 1. The van der Waals surface area contributed by atoms with Crippen molar-refractivity contribution in [1.82, 2.24) is 9.55 Å². The van der Waals surface area contributed by atoms with E-state index < -0.39 is 0 Å². The quantitative estimate of drug-likeness (QED) is 0.736. The van der Waals surface area contributed by atoms with Crippen molar-refractivity contribution in [1.29, 1.82) is 0 Å². The highest BCUT2D eigenvalue weighted by molar-refractivity contribution is 5.00. The van der Waals surface area contributed by atoms with Crippen LogP contribution in [0.3, 0.4) is 0 Å². The number of aliphatic hydroxyl groups is 1. The Balaban J connectivity index is 2.19. The molecule has 3 nitrogen and oxygen atoms in total. The van der Waals surface area contributed by atoms with Crippen LogP contribution in [-0.4, -0.2) is 14.7 Å². The number of hydrogen-bond donors (Lipinski definition) is 1. The van der Waals surface area contributed by atoms with Crippen LogP contribution in [0.5, 0.6) is 0 Å². The molecule has 0 spiro atoms. The van der Waals surface area contributed by atoms with Crippen molar-refractivity contribution in [3.05, 3.63) is 18.2 Å². The Hall–Kier alpha value is -0.830. The van der Waals surface area contributed by atoms with Gasteiger partial charge in [0.2, 0.25) is 0 Å². The fourth-order valence-electron chi connectivity index (χ4n) is 1.63. The van der Waals surface area contributed by atoms with E-state index in [1.54, 1.807) is 6.20 Å². The van der Waals surface area contributed by atoms with Crippen molar-refractivity contribution in [2.24, 2.45) is 5.92 Å². The van der Waals surface area contributed by atoms with Crippen LogP contribution in [0.2, 0.25) is 0 Å². The largest absolute Gasteiger partial charge is 0.390 e. The smallest absolute Gasteiger partial charge is 0.0951 e. The predicted molar refractivity (Wildman–Crippen MR) is 45.6 cm³/mol. The molecule has 1 aliphatic rings. The second-order valence-electron chi connectivity index (χ2n) is 3.53. The van der Waals surface area contributed by atoms with Gasteiger partial charge in [0.05, 0.1) is 24.8 Å². The third kappa shape index (κ3) is 1.25. The molecule has 66 valence electrons. The Morgan fingerprint density at radius 3 is 3.08 bits per heavy atom. The Kier molecular flexibility index (Phi) is 1.89. The van der Waals surface area contributed by atoms with E-state index in [1.165, 1.54) is 12.8 Å². The molecule has 2 rings (SSSR count). The molecule has 1 aromatic heterocycles. The molecule has 0 saturated heterocycles. The molecular weight excluding hydrogens is 152 g/mol. The first kappa shape index (κ1) is 7.80.